The van der Waals surface area contributed by atoms with Gasteiger partial charge in [-0.05, 0) is 53.5 Å². The molecule has 3 heteroatoms. The number of nitrogens with zero attached hydrogens (tertiary/aromatic N) is 1. The Hall–Kier alpha value is -0.120. The van der Waals surface area contributed by atoms with Crippen molar-refractivity contribution in [3.8, 4) is 0 Å². The van der Waals surface area contributed by atoms with Gasteiger partial charge in [0.05, 0.1) is 18.8 Å². The van der Waals surface area contributed by atoms with E-state index in [9.17, 15) is 0 Å². The molecule has 0 aliphatic carbocycles. The van der Waals surface area contributed by atoms with Crippen LogP contribution in [0.3, 0.4) is 0 Å². The fourth-order valence-electron chi connectivity index (χ4n) is 2.27. The standard InChI is InChI=1S/C14H29NO2/c1-12(2)16-10-6-9-15-8-5-7-14(15)11-17-13(3)4/h12-14H,5-11H2,1-4H3. The Morgan fingerprint density at radius 1 is 1.12 bits per heavy atom. The van der Waals surface area contributed by atoms with Gasteiger partial charge in [-0.3, -0.25) is 4.90 Å². The molecule has 1 atom stereocenters. The quantitative estimate of drug-likeness (QED) is 0.612. The van der Waals surface area contributed by atoms with Crippen LogP contribution in [0.15, 0.2) is 0 Å². The summed E-state index contributed by atoms with van der Waals surface area (Å²) in [5.41, 5.74) is 0. The Kier molecular flexibility index (Phi) is 7.09. The summed E-state index contributed by atoms with van der Waals surface area (Å²) in [6.07, 6.45) is 4.45. The maximum absolute atomic E-state index is 5.73. The second kappa shape index (κ2) is 8.06. The predicted molar refractivity (Wildman–Crippen MR) is 71.4 cm³/mol. The van der Waals surface area contributed by atoms with Crippen LogP contribution in [0.4, 0.5) is 0 Å². The Balaban J connectivity index is 2.13. The summed E-state index contributed by atoms with van der Waals surface area (Å²) in [6.45, 7) is 12.6. The molecule has 3 nitrogen and oxygen atoms in total. The Bertz CT molecular complexity index is 195. The zero-order valence-corrected chi connectivity index (χ0v) is 11.9. The van der Waals surface area contributed by atoms with E-state index in [2.05, 4.69) is 32.6 Å². The Morgan fingerprint density at radius 2 is 1.82 bits per heavy atom. The van der Waals surface area contributed by atoms with Crippen molar-refractivity contribution in [2.45, 2.75) is 65.2 Å². The van der Waals surface area contributed by atoms with Crippen LogP contribution >= 0.6 is 0 Å². The normalized spacial score (nSPS) is 21.9. The lowest BCUT2D eigenvalue weighted by Crippen LogP contribution is -2.35. The summed E-state index contributed by atoms with van der Waals surface area (Å²) in [6, 6.07) is 0.636. The van der Waals surface area contributed by atoms with Gasteiger partial charge >= 0.3 is 0 Å². The molecule has 17 heavy (non-hydrogen) atoms. The third kappa shape index (κ3) is 6.39. The van der Waals surface area contributed by atoms with Gasteiger partial charge in [0, 0.05) is 19.2 Å². The molecule has 0 amide bonds. The van der Waals surface area contributed by atoms with E-state index in [1.54, 1.807) is 0 Å². The highest BCUT2D eigenvalue weighted by atomic mass is 16.5. The van der Waals surface area contributed by atoms with Gasteiger partial charge in [-0.25, -0.2) is 0 Å². The molecule has 1 aliphatic rings. The second-order valence-corrected chi connectivity index (χ2v) is 5.49. The van der Waals surface area contributed by atoms with Crippen LogP contribution in [0.1, 0.15) is 47.0 Å². The first-order valence-corrected chi connectivity index (χ1v) is 7.07. The Labute approximate surface area is 106 Å². The van der Waals surface area contributed by atoms with Crippen LogP contribution in [0.25, 0.3) is 0 Å². The summed E-state index contributed by atoms with van der Waals surface area (Å²) in [7, 11) is 0. The zero-order chi connectivity index (χ0) is 12.7. The molecule has 0 saturated carbocycles. The summed E-state index contributed by atoms with van der Waals surface area (Å²) in [5.74, 6) is 0. The molecule has 1 heterocycles. The number of likely N-dealkylation sites (tertiary alicyclic amines) is 1. The maximum atomic E-state index is 5.73. The van der Waals surface area contributed by atoms with E-state index in [0.717, 1.165) is 26.2 Å². The minimum absolute atomic E-state index is 0.349. The van der Waals surface area contributed by atoms with Crippen LogP contribution in [-0.2, 0) is 9.47 Å². The predicted octanol–water partition coefficient (Wildman–Crippen LogP) is 2.69. The molecule has 0 aromatic carbocycles. The molecule has 0 N–H and O–H groups in total. The molecule has 102 valence electrons. The molecule has 1 unspecified atom stereocenters. The molecule has 0 radical (unpaired) electrons. The van der Waals surface area contributed by atoms with Crippen molar-refractivity contribution >= 4 is 0 Å². The average Bonchev–Trinajstić information content (AvgIpc) is 2.68. The first-order valence-electron chi connectivity index (χ1n) is 7.07. The first-order chi connectivity index (χ1) is 8.09. The van der Waals surface area contributed by atoms with Crippen molar-refractivity contribution in [1.29, 1.82) is 0 Å². The zero-order valence-electron chi connectivity index (χ0n) is 11.9. The summed E-state index contributed by atoms with van der Waals surface area (Å²) in [4.78, 5) is 2.56. The number of hydrogen-bond donors (Lipinski definition) is 0. The molecule has 0 spiro atoms. The van der Waals surface area contributed by atoms with E-state index < -0.39 is 0 Å². The molecular formula is C14H29NO2. The maximum Gasteiger partial charge on any atom is 0.0625 e. The highest BCUT2D eigenvalue weighted by Crippen LogP contribution is 2.18. The van der Waals surface area contributed by atoms with Crippen LogP contribution in [0, 0.1) is 0 Å². The molecule has 0 bridgehead atoms. The lowest BCUT2D eigenvalue weighted by atomic mass is 10.2. The average molecular weight is 243 g/mol. The minimum atomic E-state index is 0.349. The Morgan fingerprint density at radius 3 is 2.47 bits per heavy atom. The molecule has 0 aromatic rings. The van der Waals surface area contributed by atoms with Crippen molar-refractivity contribution in [2.75, 3.05) is 26.3 Å². The van der Waals surface area contributed by atoms with Crippen molar-refractivity contribution in [1.82, 2.24) is 4.90 Å². The fourth-order valence-corrected chi connectivity index (χ4v) is 2.27. The van der Waals surface area contributed by atoms with E-state index in [-0.39, 0.29) is 0 Å². The number of rotatable bonds is 8. The van der Waals surface area contributed by atoms with Gasteiger partial charge in [0.2, 0.25) is 0 Å². The van der Waals surface area contributed by atoms with E-state index in [1.807, 2.05) is 0 Å². The highest BCUT2D eigenvalue weighted by Gasteiger charge is 2.24. The summed E-state index contributed by atoms with van der Waals surface area (Å²) < 4.78 is 11.3. The van der Waals surface area contributed by atoms with Crippen molar-refractivity contribution in [2.24, 2.45) is 0 Å². The highest BCUT2D eigenvalue weighted by molar-refractivity contribution is 4.78. The van der Waals surface area contributed by atoms with Gasteiger partial charge in [-0.1, -0.05) is 0 Å². The SMILES string of the molecule is CC(C)OCCCN1CCCC1COC(C)C. The van der Waals surface area contributed by atoms with Gasteiger partial charge in [0.25, 0.3) is 0 Å². The lowest BCUT2D eigenvalue weighted by molar-refractivity contribution is 0.0308. The topological polar surface area (TPSA) is 21.7 Å². The molecule has 1 fully saturated rings. The van der Waals surface area contributed by atoms with Crippen LogP contribution < -0.4 is 0 Å². The van der Waals surface area contributed by atoms with Gasteiger partial charge in [-0.2, -0.15) is 0 Å². The minimum Gasteiger partial charge on any atom is -0.379 e. The second-order valence-electron chi connectivity index (χ2n) is 5.49. The largest absolute Gasteiger partial charge is 0.379 e. The smallest absolute Gasteiger partial charge is 0.0625 e. The third-order valence-electron chi connectivity index (χ3n) is 3.16. The van der Waals surface area contributed by atoms with E-state index in [1.165, 1.54) is 19.4 Å². The van der Waals surface area contributed by atoms with E-state index >= 15 is 0 Å². The summed E-state index contributed by atoms with van der Waals surface area (Å²) >= 11 is 0. The molecule has 1 aliphatic heterocycles. The van der Waals surface area contributed by atoms with E-state index in [4.69, 9.17) is 9.47 Å². The van der Waals surface area contributed by atoms with Gasteiger partial charge in [0.1, 0.15) is 0 Å². The van der Waals surface area contributed by atoms with Crippen LogP contribution in [-0.4, -0.2) is 49.5 Å². The van der Waals surface area contributed by atoms with Crippen LogP contribution in [0.2, 0.25) is 0 Å². The molecular weight excluding hydrogens is 214 g/mol. The van der Waals surface area contributed by atoms with Crippen LogP contribution in [0.5, 0.6) is 0 Å². The molecule has 1 rings (SSSR count). The number of hydrogen-bond acceptors (Lipinski definition) is 3. The van der Waals surface area contributed by atoms with Gasteiger partial charge in [-0.15, -0.1) is 0 Å². The monoisotopic (exact) mass is 243 g/mol. The van der Waals surface area contributed by atoms with Gasteiger partial charge in [0.15, 0.2) is 0 Å². The fraction of sp³-hybridized carbons (Fsp3) is 1.00. The van der Waals surface area contributed by atoms with E-state index in [0.29, 0.717) is 18.2 Å². The first kappa shape index (κ1) is 14.9. The number of ether oxygens (including phenoxy) is 2. The summed E-state index contributed by atoms with van der Waals surface area (Å²) in [5, 5.41) is 0. The van der Waals surface area contributed by atoms with Gasteiger partial charge < -0.3 is 9.47 Å². The third-order valence-corrected chi connectivity index (χ3v) is 3.16. The van der Waals surface area contributed by atoms with Crippen molar-refractivity contribution < 1.29 is 9.47 Å². The molecule has 1 saturated heterocycles. The van der Waals surface area contributed by atoms with Crippen molar-refractivity contribution in [3.05, 3.63) is 0 Å². The molecule has 0 aromatic heterocycles. The van der Waals surface area contributed by atoms with Crippen molar-refractivity contribution in [3.63, 3.8) is 0 Å². The lowest BCUT2D eigenvalue weighted by Gasteiger charge is -2.25.